The van der Waals surface area contributed by atoms with Gasteiger partial charge in [0.05, 0.1) is 0 Å². The van der Waals surface area contributed by atoms with Gasteiger partial charge in [0, 0.05) is 19.1 Å². The molecule has 1 atom stereocenters. The molecule has 0 spiro atoms. The van der Waals surface area contributed by atoms with Crippen LogP contribution in [0.15, 0.2) is 4.52 Å². The minimum absolute atomic E-state index is 0.237. The number of ether oxygens (including phenoxy) is 1. The van der Waals surface area contributed by atoms with E-state index in [2.05, 4.69) is 29.3 Å². The van der Waals surface area contributed by atoms with Gasteiger partial charge in [-0.15, -0.1) is 0 Å². The van der Waals surface area contributed by atoms with Gasteiger partial charge < -0.3 is 14.6 Å². The summed E-state index contributed by atoms with van der Waals surface area (Å²) in [5.41, 5.74) is -0.297. The Morgan fingerprint density at radius 1 is 1.37 bits per heavy atom. The molecule has 108 valence electrons. The van der Waals surface area contributed by atoms with E-state index < -0.39 is 0 Å². The lowest BCUT2D eigenvalue weighted by molar-refractivity contribution is -0.0469. The summed E-state index contributed by atoms with van der Waals surface area (Å²) >= 11 is 0. The Balaban J connectivity index is 2.10. The number of nitrogens with zero attached hydrogens (tertiary/aromatic N) is 2. The third-order valence-corrected chi connectivity index (χ3v) is 3.80. The number of likely N-dealkylation sites (N-methyl/N-ethyl adjacent to an activating group) is 1. The summed E-state index contributed by atoms with van der Waals surface area (Å²) in [6, 6.07) is 0. The Morgan fingerprint density at radius 2 is 2.11 bits per heavy atom. The smallest absolute Gasteiger partial charge is 0.230 e. The van der Waals surface area contributed by atoms with E-state index in [1.807, 2.05) is 6.92 Å². The molecule has 0 radical (unpaired) electrons. The van der Waals surface area contributed by atoms with Gasteiger partial charge in [-0.2, -0.15) is 4.98 Å². The number of hydrogen-bond acceptors (Lipinski definition) is 5. The van der Waals surface area contributed by atoms with E-state index in [9.17, 15) is 0 Å². The molecule has 1 saturated carbocycles. The Hall–Kier alpha value is -0.940. The highest BCUT2D eigenvalue weighted by Crippen LogP contribution is 2.40. The van der Waals surface area contributed by atoms with E-state index in [0.717, 1.165) is 31.8 Å². The second-order valence-electron chi connectivity index (χ2n) is 5.30. The van der Waals surface area contributed by atoms with Gasteiger partial charge in [-0.25, -0.2) is 0 Å². The first-order chi connectivity index (χ1) is 9.22. The molecule has 1 N–H and O–H groups in total. The zero-order valence-electron chi connectivity index (χ0n) is 12.2. The molecule has 1 heterocycles. The van der Waals surface area contributed by atoms with E-state index >= 15 is 0 Å². The van der Waals surface area contributed by atoms with Crippen LogP contribution < -0.4 is 5.32 Å². The molecule has 0 aromatic carbocycles. The highest BCUT2D eigenvalue weighted by molar-refractivity contribution is 5.06. The third kappa shape index (κ3) is 3.15. The monoisotopic (exact) mass is 267 g/mol. The van der Waals surface area contributed by atoms with Crippen LogP contribution in [0.25, 0.3) is 0 Å². The zero-order valence-corrected chi connectivity index (χ0v) is 12.2. The molecular weight excluding hydrogens is 242 g/mol. The molecule has 0 saturated heterocycles. The molecule has 1 aliphatic rings. The molecule has 1 aliphatic carbocycles. The second-order valence-corrected chi connectivity index (χ2v) is 5.30. The van der Waals surface area contributed by atoms with Crippen molar-refractivity contribution in [3.63, 3.8) is 0 Å². The predicted molar refractivity (Wildman–Crippen MR) is 73.0 cm³/mol. The SMILES string of the molecule is CCNCC(C)c1nc(C2(OCC)CCCC2)no1. The molecule has 5 nitrogen and oxygen atoms in total. The number of hydrogen-bond donors (Lipinski definition) is 1. The first-order valence-corrected chi connectivity index (χ1v) is 7.40. The molecule has 1 fully saturated rings. The van der Waals surface area contributed by atoms with Gasteiger partial charge in [0.25, 0.3) is 0 Å². The van der Waals surface area contributed by atoms with Crippen LogP contribution in [0.5, 0.6) is 0 Å². The number of nitrogens with one attached hydrogen (secondary N) is 1. The quantitative estimate of drug-likeness (QED) is 0.822. The van der Waals surface area contributed by atoms with Crippen molar-refractivity contribution in [2.45, 2.75) is 58.0 Å². The lowest BCUT2D eigenvalue weighted by Crippen LogP contribution is -2.28. The summed E-state index contributed by atoms with van der Waals surface area (Å²) in [6.07, 6.45) is 4.36. The van der Waals surface area contributed by atoms with Gasteiger partial charge in [-0.3, -0.25) is 0 Å². The predicted octanol–water partition coefficient (Wildman–Crippen LogP) is 2.59. The Bertz CT molecular complexity index is 386. The van der Waals surface area contributed by atoms with E-state index in [1.54, 1.807) is 0 Å². The summed E-state index contributed by atoms with van der Waals surface area (Å²) in [5, 5.41) is 7.48. The fraction of sp³-hybridized carbons (Fsp3) is 0.857. The zero-order chi connectivity index (χ0) is 13.7. The van der Waals surface area contributed by atoms with Crippen molar-refractivity contribution >= 4 is 0 Å². The van der Waals surface area contributed by atoms with Crippen molar-refractivity contribution in [2.24, 2.45) is 0 Å². The maximum Gasteiger partial charge on any atom is 0.230 e. The number of aromatic nitrogens is 2. The van der Waals surface area contributed by atoms with Crippen LogP contribution in [-0.4, -0.2) is 29.8 Å². The Labute approximate surface area is 115 Å². The molecule has 1 unspecified atom stereocenters. The largest absolute Gasteiger partial charge is 0.367 e. The summed E-state index contributed by atoms with van der Waals surface area (Å²) < 4.78 is 11.4. The Kier molecular flexibility index (Phi) is 4.93. The van der Waals surface area contributed by atoms with Gasteiger partial charge in [-0.1, -0.05) is 19.0 Å². The molecule has 19 heavy (non-hydrogen) atoms. The summed E-state index contributed by atoms with van der Waals surface area (Å²) in [4.78, 5) is 4.59. The van der Waals surface area contributed by atoms with Crippen molar-refractivity contribution in [1.82, 2.24) is 15.5 Å². The minimum atomic E-state index is -0.297. The first kappa shape index (κ1) is 14.5. The van der Waals surface area contributed by atoms with Crippen molar-refractivity contribution in [3.05, 3.63) is 11.7 Å². The van der Waals surface area contributed by atoms with Crippen molar-refractivity contribution in [2.75, 3.05) is 19.7 Å². The van der Waals surface area contributed by atoms with Gasteiger partial charge >= 0.3 is 0 Å². The third-order valence-electron chi connectivity index (χ3n) is 3.80. The van der Waals surface area contributed by atoms with Gasteiger partial charge in [-0.05, 0) is 39.2 Å². The van der Waals surface area contributed by atoms with E-state index in [-0.39, 0.29) is 11.5 Å². The van der Waals surface area contributed by atoms with Gasteiger partial charge in [0.15, 0.2) is 0 Å². The standard InChI is InChI=1S/C14H25N3O2/c1-4-15-10-11(3)12-16-13(17-19-12)14(18-5-2)8-6-7-9-14/h11,15H,4-10H2,1-3H3. The molecule has 0 aliphatic heterocycles. The maximum atomic E-state index is 5.95. The van der Waals surface area contributed by atoms with Crippen LogP contribution in [0.2, 0.25) is 0 Å². The summed E-state index contributed by atoms with van der Waals surface area (Å²) in [7, 11) is 0. The van der Waals surface area contributed by atoms with Crippen molar-refractivity contribution in [1.29, 1.82) is 0 Å². The lowest BCUT2D eigenvalue weighted by atomic mass is 10.0. The first-order valence-electron chi connectivity index (χ1n) is 7.40. The highest BCUT2D eigenvalue weighted by atomic mass is 16.5. The van der Waals surface area contributed by atoms with Crippen molar-refractivity contribution in [3.8, 4) is 0 Å². The number of rotatable bonds is 7. The average Bonchev–Trinajstić information content (AvgIpc) is 3.05. The molecule has 2 rings (SSSR count). The highest BCUT2D eigenvalue weighted by Gasteiger charge is 2.41. The molecule has 0 amide bonds. The van der Waals surface area contributed by atoms with E-state index in [0.29, 0.717) is 12.5 Å². The molecular formula is C14H25N3O2. The fourth-order valence-electron chi connectivity index (χ4n) is 2.72. The van der Waals surface area contributed by atoms with Crippen LogP contribution >= 0.6 is 0 Å². The molecule has 1 aromatic heterocycles. The van der Waals surface area contributed by atoms with Crippen LogP contribution in [-0.2, 0) is 10.3 Å². The summed E-state index contributed by atoms with van der Waals surface area (Å²) in [6.45, 7) is 8.72. The van der Waals surface area contributed by atoms with Gasteiger partial charge in [0.2, 0.25) is 11.7 Å². The minimum Gasteiger partial charge on any atom is -0.367 e. The molecule has 1 aromatic rings. The van der Waals surface area contributed by atoms with E-state index in [4.69, 9.17) is 9.26 Å². The lowest BCUT2D eigenvalue weighted by Gasteiger charge is -2.24. The molecule has 5 heteroatoms. The fourth-order valence-corrected chi connectivity index (χ4v) is 2.72. The topological polar surface area (TPSA) is 60.2 Å². The van der Waals surface area contributed by atoms with E-state index in [1.165, 1.54) is 12.8 Å². The second kappa shape index (κ2) is 6.48. The summed E-state index contributed by atoms with van der Waals surface area (Å²) in [5.74, 6) is 1.69. The van der Waals surface area contributed by atoms with Crippen LogP contribution in [0.3, 0.4) is 0 Å². The van der Waals surface area contributed by atoms with Gasteiger partial charge in [0.1, 0.15) is 5.60 Å². The van der Waals surface area contributed by atoms with Crippen LogP contribution in [0.4, 0.5) is 0 Å². The molecule has 0 bridgehead atoms. The van der Waals surface area contributed by atoms with Crippen molar-refractivity contribution < 1.29 is 9.26 Å². The normalized spacial score (nSPS) is 19.7. The van der Waals surface area contributed by atoms with Crippen LogP contribution in [0.1, 0.15) is 64.1 Å². The Morgan fingerprint density at radius 3 is 2.74 bits per heavy atom. The average molecular weight is 267 g/mol. The maximum absolute atomic E-state index is 5.95. The van der Waals surface area contributed by atoms with Crippen LogP contribution in [0, 0.1) is 0 Å².